The summed E-state index contributed by atoms with van der Waals surface area (Å²) in [5.74, 6) is 0.0711. The van der Waals surface area contributed by atoms with Gasteiger partial charge in [0.2, 0.25) is 5.91 Å². The quantitative estimate of drug-likeness (QED) is 0.788. The van der Waals surface area contributed by atoms with Crippen LogP contribution >= 0.6 is 0 Å². The van der Waals surface area contributed by atoms with Crippen molar-refractivity contribution in [1.29, 1.82) is 0 Å². The van der Waals surface area contributed by atoms with Gasteiger partial charge in [0.05, 0.1) is 18.6 Å². The molecule has 0 radical (unpaired) electrons. The van der Waals surface area contributed by atoms with Gasteiger partial charge in [-0.05, 0) is 25.1 Å². The Morgan fingerprint density at radius 1 is 1.61 bits per heavy atom. The van der Waals surface area contributed by atoms with Gasteiger partial charge in [0.15, 0.2) is 0 Å². The first-order chi connectivity index (χ1) is 8.65. The standard InChI is InChI=1S/C13H20N2O3/c1-15-7-11(12(16)8-15)6-13(17)14-4-2-10-3-5-18-9-10/h3,5,9,11-12,16H,2,4,6-8H2,1H3,(H,14,17)/t11-,12-/m1/s1. The van der Waals surface area contributed by atoms with Gasteiger partial charge in [-0.2, -0.15) is 0 Å². The molecule has 2 atom stereocenters. The van der Waals surface area contributed by atoms with Crippen molar-refractivity contribution >= 4 is 5.91 Å². The molecule has 0 saturated carbocycles. The van der Waals surface area contributed by atoms with Crippen LogP contribution in [-0.2, 0) is 11.2 Å². The van der Waals surface area contributed by atoms with E-state index in [0.717, 1.165) is 18.5 Å². The highest BCUT2D eigenvalue weighted by molar-refractivity contribution is 5.76. The Labute approximate surface area is 107 Å². The number of likely N-dealkylation sites (tertiary alicyclic amines) is 1. The number of hydrogen-bond acceptors (Lipinski definition) is 4. The largest absolute Gasteiger partial charge is 0.472 e. The molecule has 5 nitrogen and oxygen atoms in total. The molecule has 0 spiro atoms. The molecule has 2 rings (SSSR count). The lowest BCUT2D eigenvalue weighted by Crippen LogP contribution is -2.30. The van der Waals surface area contributed by atoms with Gasteiger partial charge >= 0.3 is 0 Å². The maximum absolute atomic E-state index is 11.7. The van der Waals surface area contributed by atoms with Crippen LogP contribution < -0.4 is 5.32 Å². The Kier molecular flexibility index (Phi) is 4.38. The van der Waals surface area contributed by atoms with Gasteiger partial charge in [0.25, 0.3) is 0 Å². The number of amides is 1. The minimum atomic E-state index is -0.380. The van der Waals surface area contributed by atoms with Gasteiger partial charge in [0, 0.05) is 32.0 Å². The lowest BCUT2D eigenvalue weighted by atomic mass is 10.0. The summed E-state index contributed by atoms with van der Waals surface area (Å²) in [7, 11) is 1.96. The van der Waals surface area contributed by atoms with Crippen LogP contribution in [-0.4, -0.2) is 48.7 Å². The first kappa shape index (κ1) is 13.1. The molecule has 2 heterocycles. The summed E-state index contributed by atoms with van der Waals surface area (Å²) in [5, 5.41) is 12.6. The van der Waals surface area contributed by atoms with Gasteiger partial charge < -0.3 is 19.7 Å². The molecule has 0 aromatic carbocycles. The van der Waals surface area contributed by atoms with E-state index >= 15 is 0 Å². The van der Waals surface area contributed by atoms with Crippen LogP contribution in [0.4, 0.5) is 0 Å². The van der Waals surface area contributed by atoms with E-state index in [2.05, 4.69) is 5.32 Å². The predicted octanol–water partition coefficient (Wildman–Crippen LogP) is 0.251. The second-order valence-electron chi connectivity index (χ2n) is 4.98. The number of aliphatic hydroxyl groups is 1. The molecule has 1 aromatic rings. The lowest BCUT2D eigenvalue weighted by Gasteiger charge is -2.12. The zero-order valence-corrected chi connectivity index (χ0v) is 10.6. The smallest absolute Gasteiger partial charge is 0.220 e. The van der Waals surface area contributed by atoms with Crippen molar-refractivity contribution in [3.05, 3.63) is 24.2 Å². The monoisotopic (exact) mass is 252 g/mol. The van der Waals surface area contributed by atoms with E-state index in [9.17, 15) is 9.90 Å². The van der Waals surface area contributed by atoms with Crippen LogP contribution in [0.3, 0.4) is 0 Å². The van der Waals surface area contributed by atoms with Gasteiger partial charge in [-0.1, -0.05) is 0 Å². The van der Waals surface area contributed by atoms with E-state index in [0.29, 0.717) is 19.5 Å². The minimum absolute atomic E-state index is 0.0119. The number of likely N-dealkylation sites (N-methyl/N-ethyl adjacent to an activating group) is 1. The van der Waals surface area contributed by atoms with Crippen LogP contribution in [0.5, 0.6) is 0 Å². The number of aliphatic hydroxyl groups excluding tert-OH is 1. The van der Waals surface area contributed by atoms with Crippen molar-refractivity contribution in [3.8, 4) is 0 Å². The maximum Gasteiger partial charge on any atom is 0.220 e. The third kappa shape index (κ3) is 3.58. The molecule has 100 valence electrons. The first-order valence-electron chi connectivity index (χ1n) is 6.29. The number of hydrogen-bond donors (Lipinski definition) is 2. The van der Waals surface area contributed by atoms with E-state index in [-0.39, 0.29) is 17.9 Å². The fourth-order valence-electron chi connectivity index (χ4n) is 2.36. The van der Waals surface area contributed by atoms with Crippen LogP contribution in [0, 0.1) is 5.92 Å². The Morgan fingerprint density at radius 2 is 2.44 bits per heavy atom. The summed E-state index contributed by atoms with van der Waals surface area (Å²) in [5.41, 5.74) is 1.08. The van der Waals surface area contributed by atoms with Gasteiger partial charge in [-0.3, -0.25) is 4.79 Å². The van der Waals surface area contributed by atoms with Crippen LogP contribution in [0.1, 0.15) is 12.0 Å². The SMILES string of the molecule is CN1C[C@@H](CC(=O)NCCc2ccoc2)[C@H](O)C1. The zero-order chi connectivity index (χ0) is 13.0. The molecular formula is C13H20N2O3. The molecule has 1 fully saturated rings. The molecule has 1 saturated heterocycles. The number of rotatable bonds is 5. The molecule has 18 heavy (non-hydrogen) atoms. The molecule has 1 aliphatic rings. The number of β-amino-alcohol motifs (C(OH)–C–C–N with tert-alkyl or cyclic N) is 1. The number of nitrogens with zero attached hydrogens (tertiary/aromatic N) is 1. The van der Waals surface area contributed by atoms with E-state index in [4.69, 9.17) is 4.42 Å². The van der Waals surface area contributed by atoms with Crippen molar-refractivity contribution in [1.82, 2.24) is 10.2 Å². The third-order valence-electron chi connectivity index (χ3n) is 3.35. The first-order valence-corrected chi connectivity index (χ1v) is 6.29. The van der Waals surface area contributed by atoms with Crippen LogP contribution in [0.15, 0.2) is 23.0 Å². The molecule has 5 heteroatoms. The van der Waals surface area contributed by atoms with Crippen molar-refractivity contribution in [3.63, 3.8) is 0 Å². The molecule has 1 amide bonds. The molecular weight excluding hydrogens is 232 g/mol. The Balaban J connectivity index is 1.66. The summed E-state index contributed by atoms with van der Waals surface area (Å²) >= 11 is 0. The van der Waals surface area contributed by atoms with Crippen LogP contribution in [0.25, 0.3) is 0 Å². The normalized spacial score (nSPS) is 24.3. The second-order valence-corrected chi connectivity index (χ2v) is 4.98. The van der Waals surface area contributed by atoms with Crippen molar-refractivity contribution in [2.45, 2.75) is 18.9 Å². The molecule has 0 unspecified atom stereocenters. The summed E-state index contributed by atoms with van der Waals surface area (Å²) in [6.07, 6.45) is 4.10. The predicted molar refractivity (Wildman–Crippen MR) is 67.0 cm³/mol. The van der Waals surface area contributed by atoms with E-state index in [1.165, 1.54) is 0 Å². The molecule has 0 bridgehead atoms. The Bertz CT molecular complexity index is 378. The number of carbonyl (C=O) groups is 1. The van der Waals surface area contributed by atoms with Gasteiger partial charge in [0.1, 0.15) is 0 Å². The van der Waals surface area contributed by atoms with Crippen molar-refractivity contribution < 1.29 is 14.3 Å². The Hall–Kier alpha value is -1.33. The molecule has 0 aliphatic carbocycles. The van der Waals surface area contributed by atoms with E-state index < -0.39 is 0 Å². The summed E-state index contributed by atoms with van der Waals surface area (Å²) in [6.45, 7) is 2.06. The van der Waals surface area contributed by atoms with Crippen molar-refractivity contribution in [2.24, 2.45) is 5.92 Å². The van der Waals surface area contributed by atoms with Crippen LogP contribution in [0.2, 0.25) is 0 Å². The van der Waals surface area contributed by atoms with E-state index in [1.807, 2.05) is 18.0 Å². The number of furan rings is 1. The average Bonchev–Trinajstić information content (AvgIpc) is 2.90. The minimum Gasteiger partial charge on any atom is -0.472 e. The molecule has 1 aliphatic heterocycles. The lowest BCUT2D eigenvalue weighted by molar-refractivity contribution is -0.122. The highest BCUT2D eigenvalue weighted by Gasteiger charge is 2.30. The maximum atomic E-state index is 11.7. The molecule has 1 aromatic heterocycles. The number of carbonyl (C=O) groups excluding carboxylic acids is 1. The Morgan fingerprint density at radius 3 is 3.06 bits per heavy atom. The van der Waals surface area contributed by atoms with Gasteiger partial charge in [-0.25, -0.2) is 0 Å². The second kappa shape index (κ2) is 6.02. The topological polar surface area (TPSA) is 65.7 Å². The highest BCUT2D eigenvalue weighted by atomic mass is 16.3. The van der Waals surface area contributed by atoms with E-state index in [1.54, 1.807) is 12.5 Å². The average molecular weight is 252 g/mol. The summed E-state index contributed by atoms with van der Waals surface area (Å²) in [4.78, 5) is 13.8. The summed E-state index contributed by atoms with van der Waals surface area (Å²) in [6, 6.07) is 1.89. The highest BCUT2D eigenvalue weighted by Crippen LogP contribution is 2.18. The summed E-state index contributed by atoms with van der Waals surface area (Å²) < 4.78 is 4.95. The fourth-order valence-corrected chi connectivity index (χ4v) is 2.36. The zero-order valence-electron chi connectivity index (χ0n) is 10.6. The number of nitrogens with one attached hydrogen (secondary N) is 1. The molecule has 2 N–H and O–H groups in total. The van der Waals surface area contributed by atoms with Gasteiger partial charge in [-0.15, -0.1) is 0 Å². The third-order valence-corrected chi connectivity index (χ3v) is 3.35. The van der Waals surface area contributed by atoms with Crippen molar-refractivity contribution in [2.75, 3.05) is 26.7 Å². The fraction of sp³-hybridized carbons (Fsp3) is 0.615.